The molecular weight excluding hydrogens is 282 g/mol. The Morgan fingerprint density at radius 2 is 2.42 bits per heavy atom. The van der Waals surface area contributed by atoms with Crippen LogP contribution in [0.15, 0.2) is 10.5 Å². The van der Waals surface area contributed by atoms with Crippen LogP contribution in [0.3, 0.4) is 0 Å². The van der Waals surface area contributed by atoms with Gasteiger partial charge in [-0.25, -0.2) is 9.78 Å². The van der Waals surface area contributed by atoms with E-state index in [9.17, 15) is 4.79 Å². The molecule has 1 aliphatic rings. The number of nitrogens with zero attached hydrogens (tertiary/aromatic N) is 1. The Morgan fingerprint density at radius 3 is 3.05 bits per heavy atom. The van der Waals surface area contributed by atoms with Gasteiger partial charge in [0.2, 0.25) is 11.7 Å². The van der Waals surface area contributed by atoms with Gasteiger partial charge in [-0.3, -0.25) is 0 Å². The van der Waals surface area contributed by atoms with E-state index in [0.717, 1.165) is 22.8 Å². The van der Waals surface area contributed by atoms with Crippen LogP contribution in [0.5, 0.6) is 0 Å². The van der Waals surface area contributed by atoms with Crippen LogP contribution >= 0.6 is 23.1 Å². The molecule has 3 heterocycles. The maximum Gasteiger partial charge on any atom is 0.373 e. The van der Waals surface area contributed by atoms with E-state index in [1.165, 1.54) is 10.4 Å². The topological polar surface area (TPSA) is 63.3 Å². The number of carboxylic acids is 1. The molecule has 0 fully saturated rings. The minimum Gasteiger partial charge on any atom is -0.475 e. The van der Waals surface area contributed by atoms with Crippen molar-refractivity contribution in [1.29, 1.82) is 0 Å². The van der Waals surface area contributed by atoms with Crippen molar-refractivity contribution in [1.82, 2.24) is 4.98 Å². The molecule has 4 nitrogen and oxygen atoms in total. The second-order valence-corrected chi connectivity index (χ2v) is 6.56. The van der Waals surface area contributed by atoms with Gasteiger partial charge in [-0.1, -0.05) is 6.92 Å². The van der Waals surface area contributed by atoms with Gasteiger partial charge in [-0.15, -0.1) is 11.3 Å². The number of hydrogen-bond acceptors (Lipinski definition) is 5. The second kappa shape index (κ2) is 5.02. The normalized spacial score (nSPS) is 14.4. The van der Waals surface area contributed by atoms with Gasteiger partial charge >= 0.3 is 5.97 Å². The first-order valence-electron chi connectivity index (χ1n) is 6.11. The van der Waals surface area contributed by atoms with E-state index in [0.29, 0.717) is 18.0 Å². The van der Waals surface area contributed by atoms with Crippen molar-refractivity contribution in [2.45, 2.75) is 25.5 Å². The number of aromatic nitrogens is 1. The van der Waals surface area contributed by atoms with Crippen LogP contribution in [0.4, 0.5) is 0 Å². The summed E-state index contributed by atoms with van der Waals surface area (Å²) < 4.78 is 5.42. The molecular formula is C13H13NO3S2. The van der Waals surface area contributed by atoms with Gasteiger partial charge in [-0.2, -0.15) is 11.8 Å². The van der Waals surface area contributed by atoms with E-state index < -0.39 is 5.97 Å². The lowest BCUT2D eigenvalue weighted by atomic mass is 10.2. The van der Waals surface area contributed by atoms with Crippen molar-refractivity contribution >= 4 is 29.1 Å². The number of thioether (sulfide) groups is 1. The van der Waals surface area contributed by atoms with E-state index in [2.05, 4.69) is 11.1 Å². The molecule has 6 heteroatoms. The quantitative estimate of drug-likeness (QED) is 0.939. The Hall–Kier alpha value is -1.27. The van der Waals surface area contributed by atoms with Crippen LogP contribution < -0.4 is 0 Å². The monoisotopic (exact) mass is 295 g/mol. The zero-order valence-electron chi connectivity index (χ0n) is 10.4. The molecule has 1 N–H and O–H groups in total. The molecule has 3 rings (SSSR count). The van der Waals surface area contributed by atoms with Gasteiger partial charge in [-0.05, 0) is 30.2 Å². The smallest absolute Gasteiger partial charge is 0.373 e. The summed E-state index contributed by atoms with van der Waals surface area (Å²) in [6.45, 7) is 1.88. The Kier molecular flexibility index (Phi) is 3.36. The lowest BCUT2D eigenvalue weighted by Gasteiger charge is -2.08. The van der Waals surface area contributed by atoms with Crippen molar-refractivity contribution in [2.75, 3.05) is 5.75 Å². The van der Waals surface area contributed by atoms with Crippen LogP contribution in [0.25, 0.3) is 10.8 Å². The van der Waals surface area contributed by atoms with Gasteiger partial charge in [0.15, 0.2) is 0 Å². The number of oxazole rings is 1. The molecule has 0 amide bonds. The number of thiophene rings is 1. The highest BCUT2D eigenvalue weighted by Crippen LogP contribution is 2.37. The molecule has 19 heavy (non-hydrogen) atoms. The zero-order valence-corrected chi connectivity index (χ0v) is 12.1. The minimum absolute atomic E-state index is 0.0294. The average molecular weight is 295 g/mol. The van der Waals surface area contributed by atoms with Crippen molar-refractivity contribution in [3.8, 4) is 10.8 Å². The van der Waals surface area contributed by atoms with E-state index in [1.54, 1.807) is 11.3 Å². The van der Waals surface area contributed by atoms with Crippen molar-refractivity contribution in [2.24, 2.45) is 0 Å². The van der Waals surface area contributed by atoms with E-state index in [1.807, 2.05) is 18.7 Å². The maximum absolute atomic E-state index is 11.1. The third-order valence-electron chi connectivity index (χ3n) is 3.06. The summed E-state index contributed by atoms with van der Waals surface area (Å²) in [6, 6.07) is 2.09. The first-order chi connectivity index (χ1) is 9.19. The zero-order chi connectivity index (χ0) is 13.4. The number of carboxylic acid groups (broad SMARTS) is 1. The lowest BCUT2D eigenvalue weighted by molar-refractivity contribution is 0.0662. The Morgan fingerprint density at radius 1 is 1.58 bits per heavy atom. The minimum atomic E-state index is -1.05. The number of carbonyl (C=O) groups is 1. The van der Waals surface area contributed by atoms with Crippen LogP contribution in [0.2, 0.25) is 0 Å². The summed E-state index contributed by atoms with van der Waals surface area (Å²) in [5.74, 6) is 1.54. The van der Waals surface area contributed by atoms with Crippen LogP contribution in [0.1, 0.15) is 33.6 Å². The van der Waals surface area contributed by atoms with Gasteiger partial charge in [0, 0.05) is 10.6 Å². The number of fused-ring (bicyclic) bond motifs is 1. The van der Waals surface area contributed by atoms with Gasteiger partial charge in [0.25, 0.3) is 0 Å². The number of aromatic carboxylic acids is 1. The van der Waals surface area contributed by atoms with Gasteiger partial charge < -0.3 is 9.52 Å². The predicted molar refractivity (Wildman–Crippen MR) is 76.0 cm³/mol. The molecule has 1 aliphatic heterocycles. The summed E-state index contributed by atoms with van der Waals surface area (Å²) in [5, 5.41) is 9.09. The number of rotatable bonds is 3. The highest BCUT2D eigenvalue weighted by atomic mass is 32.2. The maximum atomic E-state index is 11.1. The third-order valence-corrected chi connectivity index (χ3v) is 5.30. The first-order valence-corrected chi connectivity index (χ1v) is 8.09. The van der Waals surface area contributed by atoms with Crippen molar-refractivity contribution in [3.05, 3.63) is 28.0 Å². The lowest BCUT2D eigenvalue weighted by Crippen LogP contribution is -1.98. The van der Waals surface area contributed by atoms with Gasteiger partial charge in [0.1, 0.15) is 0 Å². The third kappa shape index (κ3) is 2.30. The summed E-state index contributed by atoms with van der Waals surface area (Å²) in [6.07, 6.45) is 1.64. The van der Waals surface area contributed by atoms with Crippen LogP contribution in [0, 0.1) is 0 Å². The highest BCUT2D eigenvalue weighted by molar-refractivity contribution is 7.98. The van der Waals surface area contributed by atoms with E-state index >= 15 is 0 Å². The van der Waals surface area contributed by atoms with Crippen LogP contribution in [-0.2, 0) is 18.6 Å². The molecule has 0 atom stereocenters. The van der Waals surface area contributed by atoms with Crippen molar-refractivity contribution in [3.63, 3.8) is 0 Å². The molecule has 2 aromatic heterocycles. The van der Waals surface area contributed by atoms with Gasteiger partial charge in [0.05, 0.1) is 10.6 Å². The summed E-state index contributed by atoms with van der Waals surface area (Å²) in [7, 11) is 0. The number of aryl methyl sites for hydroxylation is 2. The summed E-state index contributed by atoms with van der Waals surface area (Å²) in [4.78, 5) is 17.7. The fourth-order valence-corrected chi connectivity index (χ4v) is 4.41. The molecule has 0 unspecified atom stereocenters. The molecule has 100 valence electrons. The Balaban J connectivity index is 2.02. The van der Waals surface area contributed by atoms with E-state index in [-0.39, 0.29) is 5.76 Å². The first kappa shape index (κ1) is 12.7. The molecule has 0 saturated heterocycles. The Labute approximate surface area is 118 Å². The van der Waals surface area contributed by atoms with E-state index in [4.69, 9.17) is 9.52 Å². The van der Waals surface area contributed by atoms with Crippen molar-refractivity contribution < 1.29 is 14.3 Å². The second-order valence-electron chi connectivity index (χ2n) is 4.32. The number of hydrogen-bond donors (Lipinski definition) is 1. The summed E-state index contributed by atoms with van der Waals surface area (Å²) in [5.41, 5.74) is 1.85. The van der Waals surface area contributed by atoms with Crippen LogP contribution in [-0.4, -0.2) is 21.8 Å². The average Bonchev–Trinajstić information content (AvgIpc) is 3.02. The summed E-state index contributed by atoms with van der Waals surface area (Å²) >= 11 is 3.60. The predicted octanol–water partition coefficient (Wildman–Crippen LogP) is 3.45. The fraction of sp³-hybridized carbons (Fsp3) is 0.385. The largest absolute Gasteiger partial charge is 0.475 e. The highest BCUT2D eigenvalue weighted by Gasteiger charge is 2.22. The standard InChI is InChI=1S/C13H13NO3S2/c1-2-8-11(13(15)16)17-12(14-8)10-5-7-6-18-4-3-9(7)19-10/h5H,2-4,6H2,1H3,(H,15,16). The molecule has 0 aromatic carbocycles. The molecule has 0 bridgehead atoms. The molecule has 0 aliphatic carbocycles. The molecule has 0 radical (unpaired) electrons. The molecule has 2 aromatic rings. The SMILES string of the molecule is CCc1nc(-c2cc3c(s2)CCSC3)oc1C(=O)O. The molecule has 0 saturated carbocycles. The molecule has 0 spiro atoms. The Bertz CT molecular complexity index is 606. The fourth-order valence-electron chi connectivity index (χ4n) is 2.12.